The van der Waals surface area contributed by atoms with Gasteiger partial charge in [-0.3, -0.25) is 4.98 Å². The Bertz CT molecular complexity index is 429. The fraction of sp³-hybridized carbons (Fsp3) is 0.583. The molecule has 2 heterocycles. The standard InChI is InChI=1S/C12H16F3N3/c1-11(2)8-16-5-6-18(11)9-3-4-17-10(7-9)12(13,14)15/h3-4,7,16H,5-6,8H2,1-2H3. The Morgan fingerprint density at radius 2 is 2.11 bits per heavy atom. The van der Waals surface area contributed by atoms with Crippen molar-refractivity contribution in [3.63, 3.8) is 0 Å². The molecular formula is C12H16F3N3. The molecule has 1 saturated heterocycles. The van der Waals surface area contributed by atoms with Gasteiger partial charge in [0.05, 0.1) is 0 Å². The quantitative estimate of drug-likeness (QED) is 0.838. The second kappa shape index (κ2) is 4.42. The number of anilines is 1. The monoisotopic (exact) mass is 259 g/mol. The fourth-order valence-electron chi connectivity index (χ4n) is 2.20. The Balaban J connectivity index is 2.33. The van der Waals surface area contributed by atoms with Crippen LogP contribution in [0.2, 0.25) is 0 Å². The number of pyridine rings is 1. The molecule has 0 radical (unpaired) electrons. The van der Waals surface area contributed by atoms with Crippen LogP contribution in [0.4, 0.5) is 18.9 Å². The highest BCUT2D eigenvalue weighted by molar-refractivity contribution is 5.50. The van der Waals surface area contributed by atoms with E-state index in [0.29, 0.717) is 12.2 Å². The molecule has 0 unspecified atom stereocenters. The summed E-state index contributed by atoms with van der Waals surface area (Å²) in [5.74, 6) is 0. The summed E-state index contributed by atoms with van der Waals surface area (Å²) in [6, 6.07) is 2.75. The number of hydrogen-bond donors (Lipinski definition) is 1. The maximum atomic E-state index is 12.6. The Morgan fingerprint density at radius 3 is 2.72 bits per heavy atom. The molecule has 18 heavy (non-hydrogen) atoms. The topological polar surface area (TPSA) is 28.2 Å². The van der Waals surface area contributed by atoms with Gasteiger partial charge in [-0.1, -0.05) is 0 Å². The minimum Gasteiger partial charge on any atom is -0.364 e. The molecule has 0 atom stereocenters. The smallest absolute Gasteiger partial charge is 0.364 e. The molecule has 6 heteroatoms. The largest absolute Gasteiger partial charge is 0.433 e. The third-order valence-corrected chi connectivity index (χ3v) is 3.15. The average Bonchev–Trinajstić information content (AvgIpc) is 2.27. The predicted octanol–water partition coefficient (Wildman–Crippen LogP) is 2.29. The lowest BCUT2D eigenvalue weighted by Crippen LogP contribution is -2.58. The van der Waals surface area contributed by atoms with E-state index >= 15 is 0 Å². The van der Waals surface area contributed by atoms with Crippen molar-refractivity contribution in [1.82, 2.24) is 10.3 Å². The Hall–Kier alpha value is -1.30. The first kappa shape index (κ1) is 13.1. The SMILES string of the molecule is CC1(C)CNCCN1c1ccnc(C(F)(F)F)c1. The van der Waals surface area contributed by atoms with Crippen LogP contribution in [-0.4, -0.2) is 30.2 Å². The second-order valence-corrected chi connectivity index (χ2v) is 5.04. The highest BCUT2D eigenvalue weighted by Crippen LogP contribution is 2.32. The van der Waals surface area contributed by atoms with Crippen LogP contribution in [0.5, 0.6) is 0 Å². The van der Waals surface area contributed by atoms with Gasteiger partial charge >= 0.3 is 6.18 Å². The van der Waals surface area contributed by atoms with Crippen molar-refractivity contribution in [2.45, 2.75) is 25.6 Å². The molecule has 3 nitrogen and oxygen atoms in total. The first-order valence-corrected chi connectivity index (χ1v) is 5.82. The van der Waals surface area contributed by atoms with Crippen LogP contribution in [0.15, 0.2) is 18.3 Å². The summed E-state index contributed by atoms with van der Waals surface area (Å²) in [7, 11) is 0. The summed E-state index contributed by atoms with van der Waals surface area (Å²) < 4.78 is 37.9. The van der Waals surface area contributed by atoms with E-state index in [2.05, 4.69) is 10.3 Å². The third-order valence-electron chi connectivity index (χ3n) is 3.15. The molecule has 0 aliphatic carbocycles. The van der Waals surface area contributed by atoms with E-state index in [0.717, 1.165) is 19.2 Å². The Morgan fingerprint density at radius 1 is 1.39 bits per heavy atom. The molecular weight excluding hydrogens is 243 g/mol. The molecule has 0 spiro atoms. The molecule has 0 amide bonds. The number of hydrogen-bond acceptors (Lipinski definition) is 3. The highest BCUT2D eigenvalue weighted by Gasteiger charge is 2.35. The molecule has 0 saturated carbocycles. The fourth-order valence-corrected chi connectivity index (χ4v) is 2.20. The van der Waals surface area contributed by atoms with Crippen molar-refractivity contribution >= 4 is 5.69 Å². The first-order valence-electron chi connectivity index (χ1n) is 5.82. The summed E-state index contributed by atoms with van der Waals surface area (Å²) in [5, 5.41) is 3.24. The highest BCUT2D eigenvalue weighted by atomic mass is 19.4. The van der Waals surface area contributed by atoms with E-state index < -0.39 is 11.9 Å². The van der Waals surface area contributed by atoms with E-state index in [1.54, 1.807) is 6.07 Å². The molecule has 0 bridgehead atoms. The minimum atomic E-state index is -4.39. The van der Waals surface area contributed by atoms with Crippen LogP contribution >= 0.6 is 0 Å². The summed E-state index contributed by atoms with van der Waals surface area (Å²) in [5.41, 5.74) is -0.471. The maximum absolute atomic E-state index is 12.6. The van der Waals surface area contributed by atoms with Gasteiger partial charge in [0.1, 0.15) is 5.69 Å². The molecule has 2 rings (SSSR count). The van der Waals surface area contributed by atoms with Crippen molar-refractivity contribution in [3.05, 3.63) is 24.0 Å². The Labute approximate surface area is 104 Å². The normalized spacial score (nSPS) is 19.9. The van der Waals surface area contributed by atoms with Crippen molar-refractivity contribution in [2.75, 3.05) is 24.5 Å². The van der Waals surface area contributed by atoms with E-state index in [9.17, 15) is 13.2 Å². The third kappa shape index (κ3) is 2.58. The molecule has 1 fully saturated rings. The molecule has 100 valence electrons. The molecule has 0 aromatic carbocycles. The number of rotatable bonds is 1. The van der Waals surface area contributed by atoms with Crippen LogP contribution in [0.3, 0.4) is 0 Å². The average molecular weight is 259 g/mol. The molecule has 1 aliphatic heterocycles. The predicted molar refractivity (Wildman–Crippen MR) is 63.5 cm³/mol. The number of nitrogens with zero attached hydrogens (tertiary/aromatic N) is 2. The van der Waals surface area contributed by atoms with E-state index in [-0.39, 0.29) is 5.54 Å². The van der Waals surface area contributed by atoms with Gasteiger partial charge in [0.25, 0.3) is 0 Å². The lowest BCUT2D eigenvalue weighted by molar-refractivity contribution is -0.141. The molecule has 1 aromatic rings. The van der Waals surface area contributed by atoms with Gasteiger partial charge in [0.2, 0.25) is 0 Å². The maximum Gasteiger partial charge on any atom is 0.433 e. The molecule has 1 aliphatic rings. The van der Waals surface area contributed by atoms with Crippen molar-refractivity contribution in [3.8, 4) is 0 Å². The zero-order valence-electron chi connectivity index (χ0n) is 10.4. The van der Waals surface area contributed by atoms with Gasteiger partial charge in [-0.2, -0.15) is 13.2 Å². The first-order chi connectivity index (χ1) is 8.31. The van der Waals surface area contributed by atoms with E-state index in [1.165, 1.54) is 6.20 Å². The molecule has 1 aromatic heterocycles. The van der Waals surface area contributed by atoms with Crippen molar-refractivity contribution in [2.24, 2.45) is 0 Å². The van der Waals surface area contributed by atoms with Crippen LogP contribution in [0, 0.1) is 0 Å². The molecule has 1 N–H and O–H groups in total. The lowest BCUT2D eigenvalue weighted by atomic mass is 9.99. The van der Waals surface area contributed by atoms with Gasteiger partial charge in [-0.25, -0.2) is 0 Å². The van der Waals surface area contributed by atoms with E-state index in [1.807, 2.05) is 18.7 Å². The lowest BCUT2D eigenvalue weighted by Gasteiger charge is -2.44. The second-order valence-electron chi connectivity index (χ2n) is 5.04. The van der Waals surface area contributed by atoms with Gasteiger partial charge in [-0.15, -0.1) is 0 Å². The van der Waals surface area contributed by atoms with Crippen LogP contribution in [0.1, 0.15) is 19.5 Å². The van der Waals surface area contributed by atoms with Crippen LogP contribution in [0.25, 0.3) is 0 Å². The number of aromatic nitrogens is 1. The van der Waals surface area contributed by atoms with Gasteiger partial charge in [0, 0.05) is 37.1 Å². The zero-order chi connectivity index (χ0) is 13.4. The summed E-state index contributed by atoms with van der Waals surface area (Å²) >= 11 is 0. The zero-order valence-corrected chi connectivity index (χ0v) is 10.4. The number of alkyl halides is 3. The van der Waals surface area contributed by atoms with Gasteiger partial charge in [-0.05, 0) is 26.0 Å². The Kier molecular flexibility index (Phi) is 3.23. The van der Waals surface area contributed by atoms with Gasteiger partial charge in [0.15, 0.2) is 0 Å². The number of nitrogens with one attached hydrogen (secondary N) is 1. The van der Waals surface area contributed by atoms with Crippen LogP contribution in [-0.2, 0) is 6.18 Å². The van der Waals surface area contributed by atoms with Crippen molar-refractivity contribution < 1.29 is 13.2 Å². The minimum absolute atomic E-state index is 0.206. The van der Waals surface area contributed by atoms with Crippen LogP contribution < -0.4 is 10.2 Å². The summed E-state index contributed by atoms with van der Waals surface area (Å²) in [6.45, 7) is 6.22. The number of piperazine rings is 1. The van der Waals surface area contributed by atoms with E-state index in [4.69, 9.17) is 0 Å². The number of halogens is 3. The van der Waals surface area contributed by atoms with Gasteiger partial charge < -0.3 is 10.2 Å². The van der Waals surface area contributed by atoms with Crippen molar-refractivity contribution in [1.29, 1.82) is 0 Å². The summed E-state index contributed by atoms with van der Waals surface area (Å²) in [4.78, 5) is 5.37. The summed E-state index contributed by atoms with van der Waals surface area (Å²) in [6.07, 6.45) is -3.18.